The normalized spacial score (nSPS) is 18.1. The molecule has 0 aromatic heterocycles. The van der Waals surface area contributed by atoms with Crippen LogP contribution in [0.2, 0.25) is 0 Å². The van der Waals surface area contributed by atoms with Crippen molar-refractivity contribution < 1.29 is 9.90 Å². The molecule has 5 heteroatoms. The van der Waals surface area contributed by atoms with Gasteiger partial charge in [-0.25, -0.2) is 5.01 Å². The average molecular weight is 201 g/mol. The fourth-order valence-corrected chi connectivity index (χ4v) is 1.61. The molecule has 0 radical (unpaired) electrons. The van der Waals surface area contributed by atoms with Gasteiger partial charge in [0.1, 0.15) is 0 Å². The van der Waals surface area contributed by atoms with Crippen molar-refractivity contribution >= 4 is 5.91 Å². The number of carbonyl (C=O) groups excluding carboxylic acids is 1. The van der Waals surface area contributed by atoms with Crippen LogP contribution < -0.4 is 5.32 Å². The highest BCUT2D eigenvalue weighted by Gasteiger charge is 2.19. The molecule has 1 heterocycles. The minimum absolute atomic E-state index is 0.0559. The summed E-state index contributed by atoms with van der Waals surface area (Å²) in [5.74, 6) is 0.0559. The maximum atomic E-state index is 11.3. The fourth-order valence-electron chi connectivity index (χ4n) is 1.61. The summed E-state index contributed by atoms with van der Waals surface area (Å²) in [6.07, 6.45) is 0.642. The van der Waals surface area contributed by atoms with E-state index in [2.05, 4.69) is 10.3 Å². The highest BCUT2D eigenvalue weighted by molar-refractivity contribution is 5.72. The smallest absolute Gasteiger partial charge is 0.233 e. The number of hydrazine groups is 1. The molecule has 0 unspecified atom stereocenters. The maximum absolute atomic E-state index is 11.3. The Bertz CT molecular complexity index is 181. The van der Waals surface area contributed by atoms with Gasteiger partial charge < -0.3 is 10.4 Å². The summed E-state index contributed by atoms with van der Waals surface area (Å²) in [7, 11) is 0. The van der Waals surface area contributed by atoms with Gasteiger partial charge in [-0.05, 0) is 6.42 Å². The molecule has 2 N–H and O–H groups in total. The number of aliphatic hydroxyl groups excluding tert-OH is 1. The lowest BCUT2D eigenvalue weighted by Gasteiger charge is -2.37. The van der Waals surface area contributed by atoms with E-state index in [1.165, 1.54) is 0 Å². The zero-order valence-electron chi connectivity index (χ0n) is 8.70. The largest absolute Gasteiger partial charge is 0.396 e. The van der Waals surface area contributed by atoms with Gasteiger partial charge in [0.15, 0.2) is 0 Å². The van der Waals surface area contributed by atoms with Gasteiger partial charge in [-0.3, -0.25) is 9.80 Å². The van der Waals surface area contributed by atoms with E-state index in [9.17, 15) is 4.79 Å². The van der Waals surface area contributed by atoms with Crippen LogP contribution in [-0.2, 0) is 4.79 Å². The van der Waals surface area contributed by atoms with Gasteiger partial charge >= 0.3 is 0 Å². The van der Waals surface area contributed by atoms with Gasteiger partial charge in [-0.1, -0.05) is 0 Å². The van der Waals surface area contributed by atoms with E-state index in [1.54, 1.807) is 11.9 Å². The van der Waals surface area contributed by atoms with Crippen molar-refractivity contribution in [2.75, 3.05) is 39.3 Å². The van der Waals surface area contributed by atoms with E-state index in [0.717, 1.165) is 26.2 Å². The molecular weight excluding hydrogens is 182 g/mol. The standard InChI is InChI=1S/C9H19N3O2/c1-9(14)12(5-2-8-13)11-6-3-10-4-7-11/h10,13H,2-8H2,1H3. The topological polar surface area (TPSA) is 55.8 Å². The Morgan fingerprint density at radius 1 is 1.50 bits per heavy atom. The Morgan fingerprint density at radius 3 is 2.64 bits per heavy atom. The van der Waals surface area contributed by atoms with Crippen molar-refractivity contribution in [3.63, 3.8) is 0 Å². The summed E-state index contributed by atoms with van der Waals surface area (Å²) >= 11 is 0. The van der Waals surface area contributed by atoms with Crippen LogP contribution in [0.25, 0.3) is 0 Å². The molecule has 1 rings (SSSR count). The summed E-state index contributed by atoms with van der Waals surface area (Å²) < 4.78 is 0. The van der Waals surface area contributed by atoms with Crippen molar-refractivity contribution in [1.29, 1.82) is 0 Å². The molecular formula is C9H19N3O2. The quantitative estimate of drug-likeness (QED) is 0.615. The molecule has 0 bridgehead atoms. The molecule has 0 atom stereocenters. The molecule has 0 aromatic rings. The van der Waals surface area contributed by atoms with Crippen LogP contribution in [-0.4, -0.2) is 60.4 Å². The number of amides is 1. The Labute approximate surface area is 84.6 Å². The second-order valence-electron chi connectivity index (χ2n) is 3.42. The number of aliphatic hydroxyl groups is 1. The van der Waals surface area contributed by atoms with E-state index >= 15 is 0 Å². The number of nitrogens with one attached hydrogen (secondary N) is 1. The van der Waals surface area contributed by atoms with Gasteiger partial charge in [0.2, 0.25) is 5.91 Å². The van der Waals surface area contributed by atoms with E-state index in [0.29, 0.717) is 13.0 Å². The Balaban J connectivity index is 2.43. The van der Waals surface area contributed by atoms with Gasteiger partial charge in [0.05, 0.1) is 0 Å². The average Bonchev–Trinajstić information content (AvgIpc) is 2.19. The number of hydrogen-bond donors (Lipinski definition) is 2. The highest BCUT2D eigenvalue weighted by atomic mass is 16.3. The lowest BCUT2D eigenvalue weighted by Crippen LogP contribution is -2.54. The predicted molar refractivity (Wildman–Crippen MR) is 53.5 cm³/mol. The molecule has 1 amide bonds. The van der Waals surface area contributed by atoms with Crippen LogP contribution >= 0.6 is 0 Å². The van der Waals surface area contributed by atoms with E-state index < -0.39 is 0 Å². The first-order chi connectivity index (χ1) is 6.75. The minimum atomic E-state index is 0.0559. The molecule has 0 aliphatic carbocycles. The summed E-state index contributed by atoms with van der Waals surface area (Å²) in [4.78, 5) is 11.3. The number of carbonyl (C=O) groups is 1. The van der Waals surface area contributed by atoms with Crippen LogP contribution in [0.1, 0.15) is 13.3 Å². The second kappa shape index (κ2) is 5.95. The molecule has 1 aliphatic heterocycles. The molecule has 5 nitrogen and oxygen atoms in total. The van der Waals surface area contributed by atoms with Crippen LogP contribution in [0.3, 0.4) is 0 Å². The van der Waals surface area contributed by atoms with Gasteiger partial charge in [-0.2, -0.15) is 0 Å². The minimum Gasteiger partial charge on any atom is -0.396 e. The van der Waals surface area contributed by atoms with Crippen LogP contribution in [0.15, 0.2) is 0 Å². The lowest BCUT2D eigenvalue weighted by atomic mass is 10.4. The lowest BCUT2D eigenvalue weighted by molar-refractivity contribution is -0.148. The SMILES string of the molecule is CC(=O)N(CCCO)N1CCNCC1. The predicted octanol–water partition coefficient (Wildman–Crippen LogP) is -0.962. The fraction of sp³-hybridized carbons (Fsp3) is 0.889. The Morgan fingerprint density at radius 2 is 2.14 bits per heavy atom. The van der Waals surface area contributed by atoms with E-state index in [-0.39, 0.29) is 12.5 Å². The van der Waals surface area contributed by atoms with Crippen molar-refractivity contribution in [1.82, 2.24) is 15.3 Å². The first-order valence-electron chi connectivity index (χ1n) is 5.10. The first kappa shape index (κ1) is 11.4. The van der Waals surface area contributed by atoms with Gasteiger partial charge in [0.25, 0.3) is 0 Å². The summed E-state index contributed by atoms with van der Waals surface area (Å²) in [5.41, 5.74) is 0. The van der Waals surface area contributed by atoms with Gasteiger partial charge in [-0.15, -0.1) is 0 Å². The number of piperazine rings is 1. The van der Waals surface area contributed by atoms with Crippen molar-refractivity contribution in [2.24, 2.45) is 0 Å². The molecule has 1 fully saturated rings. The van der Waals surface area contributed by atoms with Crippen LogP contribution in [0.5, 0.6) is 0 Å². The van der Waals surface area contributed by atoms with Crippen LogP contribution in [0, 0.1) is 0 Å². The molecule has 0 aromatic carbocycles. The molecule has 0 spiro atoms. The third-order valence-electron chi connectivity index (χ3n) is 2.33. The molecule has 82 valence electrons. The van der Waals surface area contributed by atoms with Gasteiger partial charge in [0, 0.05) is 46.3 Å². The zero-order chi connectivity index (χ0) is 10.4. The number of hydrogen-bond acceptors (Lipinski definition) is 4. The monoisotopic (exact) mass is 201 g/mol. The highest BCUT2D eigenvalue weighted by Crippen LogP contribution is 2.02. The third-order valence-corrected chi connectivity index (χ3v) is 2.33. The maximum Gasteiger partial charge on any atom is 0.233 e. The number of rotatable bonds is 4. The summed E-state index contributed by atoms with van der Waals surface area (Å²) in [6.45, 7) is 5.89. The molecule has 14 heavy (non-hydrogen) atoms. The second-order valence-corrected chi connectivity index (χ2v) is 3.42. The summed E-state index contributed by atoms with van der Waals surface area (Å²) in [5, 5.41) is 15.7. The van der Waals surface area contributed by atoms with Crippen LogP contribution in [0.4, 0.5) is 0 Å². The van der Waals surface area contributed by atoms with E-state index in [1.807, 2.05) is 0 Å². The Kier molecular flexibility index (Phi) is 4.86. The molecule has 1 aliphatic rings. The van der Waals surface area contributed by atoms with Crippen molar-refractivity contribution in [3.05, 3.63) is 0 Å². The Hall–Kier alpha value is -0.650. The number of nitrogens with zero attached hydrogens (tertiary/aromatic N) is 2. The first-order valence-corrected chi connectivity index (χ1v) is 5.10. The van der Waals surface area contributed by atoms with Crippen molar-refractivity contribution in [3.8, 4) is 0 Å². The third kappa shape index (κ3) is 3.25. The summed E-state index contributed by atoms with van der Waals surface area (Å²) in [6, 6.07) is 0. The molecule has 1 saturated heterocycles. The molecule has 0 saturated carbocycles. The zero-order valence-corrected chi connectivity index (χ0v) is 8.70. The van der Waals surface area contributed by atoms with Crippen molar-refractivity contribution in [2.45, 2.75) is 13.3 Å². The van der Waals surface area contributed by atoms with E-state index in [4.69, 9.17) is 5.11 Å².